The zero-order chi connectivity index (χ0) is 13.1. The highest BCUT2D eigenvalue weighted by atomic mass is 16.3. The standard InChI is InChI=1S/C18H26O/c19-18-9-5-4-8-17(18)16-12-10-15(11-13-16)14-6-2-1-3-7-14/h4-5,8-9,14-16,19H,1-3,6-7,10-13H2. The second-order valence-corrected chi connectivity index (χ2v) is 6.57. The van der Waals surface area contributed by atoms with Gasteiger partial charge < -0.3 is 5.11 Å². The lowest BCUT2D eigenvalue weighted by Gasteiger charge is -2.36. The fraction of sp³-hybridized carbons (Fsp3) is 0.667. The molecule has 1 nitrogen and oxygen atoms in total. The third kappa shape index (κ3) is 2.96. The van der Waals surface area contributed by atoms with E-state index < -0.39 is 0 Å². The normalized spacial score (nSPS) is 29.3. The highest BCUT2D eigenvalue weighted by Crippen LogP contribution is 2.44. The molecule has 1 heteroatoms. The Morgan fingerprint density at radius 2 is 1.37 bits per heavy atom. The summed E-state index contributed by atoms with van der Waals surface area (Å²) in [6.45, 7) is 0. The molecule has 0 spiro atoms. The van der Waals surface area contributed by atoms with E-state index in [9.17, 15) is 5.11 Å². The first-order valence-corrected chi connectivity index (χ1v) is 8.12. The van der Waals surface area contributed by atoms with Gasteiger partial charge in [0.05, 0.1) is 0 Å². The second-order valence-electron chi connectivity index (χ2n) is 6.57. The van der Waals surface area contributed by atoms with E-state index in [1.807, 2.05) is 12.1 Å². The third-order valence-electron chi connectivity index (χ3n) is 5.46. The van der Waals surface area contributed by atoms with Crippen LogP contribution in [0.25, 0.3) is 0 Å². The Bertz CT molecular complexity index is 398. The molecule has 1 aromatic carbocycles. The van der Waals surface area contributed by atoms with Crippen molar-refractivity contribution in [1.82, 2.24) is 0 Å². The van der Waals surface area contributed by atoms with Crippen LogP contribution in [0.3, 0.4) is 0 Å². The van der Waals surface area contributed by atoms with Crippen LogP contribution in [0.4, 0.5) is 0 Å². The Kier molecular flexibility index (Phi) is 4.10. The molecule has 0 aliphatic heterocycles. The van der Waals surface area contributed by atoms with Crippen LogP contribution in [0.2, 0.25) is 0 Å². The van der Waals surface area contributed by atoms with Crippen molar-refractivity contribution in [2.75, 3.05) is 0 Å². The summed E-state index contributed by atoms with van der Waals surface area (Å²) in [5, 5.41) is 9.98. The topological polar surface area (TPSA) is 20.2 Å². The Morgan fingerprint density at radius 1 is 0.737 bits per heavy atom. The molecule has 0 radical (unpaired) electrons. The van der Waals surface area contributed by atoms with E-state index in [2.05, 4.69) is 12.1 Å². The molecule has 19 heavy (non-hydrogen) atoms. The number of phenolic OH excluding ortho intramolecular Hbond substituents is 1. The van der Waals surface area contributed by atoms with Gasteiger partial charge in [-0.3, -0.25) is 0 Å². The molecule has 0 atom stereocenters. The molecule has 3 rings (SSSR count). The SMILES string of the molecule is Oc1ccccc1C1CCC(C2CCCCC2)CC1. The van der Waals surface area contributed by atoms with Crippen molar-refractivity contribution < 1.29 is 5.11 Å². The van der Waals surface area contributed by atoms with Crippen LogP contribution in [0.15, 0.2) is 24.3 Å². The molecule has 0 saturated heterocycles. The summed E-state index contributed by atoms with van der Waals surface area (Å²) >= 11 is 0. The summed E-state index contributed by atoms with van der Waals surface area (Å²) in [7, 11) is 0. The first-order valence-electron chi connectivity index (χ1n) is 8.12. The Hall–Kier alpha value is -0.980. The first-order chi connectivity index (χ1) is 9.34. The van der Waals surface area contributed by atoms with Crippen molar-refractivity contribution in [2.45, 2.75) is 63.7 Å². The number of hydrogen-bond donors (Lipinski definition) is 1. The van der Waals surface area contributed by atoms with Gasteiger partial charge in [-0.25, -0.2) is 0 Å². The average molecular weight is 258 g/mol. The Labute approximate surface area is 117 Å². The lowest BCUT2D eigenvalue weighted by Crippen LogP contribution is -2.23. The third-order valence-corrected chi connectivity index (χ3v) is 5.46. The van der Waals surface area contributed by atoms with Gasteiger partial charge in [-0.1, -0.05) is 50.3 Å². The van der Waals surface area contributed by atoms with Crippen molar-refractivity contribution in [3.8, 4) is 5.75 Å². The van der Waals surface area contributed by atoms with Crippen molar-refractivity contribution in [1.29, 1.82) is 0 Å². The number of phenols is 1. The Morgan fingerprint density at radius 3 is 2.05 bits per heavy atom. The van der Waals surface area contributed by atoms with E-state index in [-0.39, 0.29) is 0 Å². The number of hydrogen-bond acceptors (Lipinski definition) is 1. The van der Waals surface area contributed by atoms with Crippen molar-refractivity contribution >= 4 is 0 Å². The molecular formula is C18H26O. The molecule has 2 aliphatic carbocycles. The van der Waals surface area contributed by atoms with Gasteiger partial charge in [-0.05, 0) is 55.1 Å². The van der Waals surface area contributed by atoms with Crippen LogP contribution in [0.1, 0.15) is 69.3 Å². The van der Waals surface area contributed by atoms with E-state index in [0.717, 1.165) is 11.8 Å². The van der Waals surface area contributed by atoms with Gasteiger partial charge in [-0.2, -0.15) is 0 Å². The fourth-order valence-electron chi connectivity index (χ4n) is 4.34. The van der Waals surface area contributed by atoms with Gasteiger partial charge in [0.25, 0.3) is 0 Å². The maximum absolute atomic E-state index is 9.98. The summed E-state index contributed by atoms with van der Waals surface area (Å²) < 4.78 is 0. The van der Waals surface area contributed by atoms with Crippen LogP contribution in [0.5, 0.6) is 5.75 Å². The summed E-state index contributed by atoms with van der Waals surface area (Å²) in [4.78, 5) is 0. The van der Waals surface area contributed by atoms with Gasteiger partial charge in [0.2, 0.25) is 0 Å². The van der Waals surface area contributed by atoms with Crippen LogP contribution in [-0.2, 0) is 0 Å². The summed E-state index contributed by atoms with van der Waals surface area (Å²) in [5.41, 5.74) is 1.18. The fourth-order valence-corrected chi connectivity index (χ4v) is 4.34. The molecule has 1 aromatic rings. The van der Waals surface area contributed by atoms with E-state index in [1.165, 1.54) is 63.4 Å². The van der Waals surface area contributed by atoms with Gasteiger partial charge in [0.15, 0.2) is 0 Å². The highest BCUT2D eigenvalue weighted by Gasteiger charge is 2.29. The molecule has 0 amide bonds. The van der Waals surface area contributed by atoms with Crippen molar-refractivity contribution in [3.05, 3.63) is 29.8 Å². The summed E-state index contributed by atoms with van der Waals surface area (Å²) in [6, 6.07) is 7.93. The van der Waals surface area contributed by atoms with Crippen LogP contribution >= 0.6 is 0 Å². The van der Waals surface area contributed by atoms with Crippen LogP contribution in [-0.4, -0.2) is 5.11 Å². The largest absolute Gasteiger partial charge is 0.508 e. The molecule has 0 aromatic heterocycles. The molecule has 104 valence electrons. The minimum atomic E-state index is 0.503. The molecule has 0 unspecified atom stereocenters. The molecule has 2 fully saturated rings. The van der Waals surface area contributed by atoms with Crippen LogP contribution < -0.4 is 0 Å². The van der Waals surface area contributed by atoms with Crippen molar-refractivity contribution in [3.63, 3.8) is 0 Å². The second kappa shape index (κ2) is 5.98. The van der Waals surface area contributed by atoms with E-state index in [4.69, 9.17) is 0 Å². The minimum absolute atomic E-state index is 0.503. The number of rotatable bonds is 2. The smallest absolute Gasteiger partial charge is 0.119 e. The lowest BCUT2D eigenvalue weighted by molar-refractivity contribution is 0.185. The molecule has 1 N–H and O–H groups in total. The van der Waals surface area contributed by atoms with Gasteiger partial charge in [0.1, 0.15) is 5.75 Å². The molecule has 2 saturated carbocycles. The number of benzene rings is 1. The zero-order valence-corrected chi connectivity index (χ0v) is 11.9. The zero-order valence-electron chi connectivity index (χ0n) is 11.9. The minimum Gasteiger partial charge on any atom is -0.508 e. The maximum Gasteiger partial charge on any atom is 0.119 e. The van der Waals surface area contributed by atoms with Gasteiger partial charge in [-0.15, -0.1) is 0 Å². The van der Waals surface area contributed by atoms with Crippen LogP contribution in [0, 0.1) is 11.8 Å². The van der Waals surface area contributed by atoms with Gasteiger partial charge in [0, 0.05) is 0 Å². The van der Waals surface area contributed by atoms with E-state index >= 15 is 0 Å². The predicted octanol–water partition coefficient (Wildman–Crippen LogP) is 5.25. The van der Waals surface area contributed by atoms with Crippen molar-refractivity contribution in [2.24, 2.45) is 11.8 Å². The summed E-state index contributed by atoms with van der Waals surface area (Å²) in [5.74, 6) is 3.09. The number of aromatic hydroxyl groups is 1. The van der Waals surface area contributed by atoms with E-state index in [0.29, 0.717) is 11.7 Å². The van der Waals surface area contributed by atoms with E-state index in [1.54, 1.807) is 0 Å². The average Bonchev–Trinajstić information content (AvgIpc) is 2.49. The first kappa shape index (κ1) is 13.0. The highest BCUT2D eigenvalue weighted by molar-refractivity contribution is 5.35. The molecular weight excluding hydrogens is 232 g/mol. The Balaban J connectivity index is 1.58. The predicted molar refractivity (Wildman–Crippen MR) is 79.4 cm³/mol. The lowest BCUT2D eigenvalue weighted by atomic mass is 9.70. The maximum atomic E-state index is 9.98. The molecule has 0 heterocycles. The monoisotopic (exact) mass is 258 g/mol. The summed E-state index contributed by atoms with van der Waals surface area (Å²) in [6.07, 6.45) is 12.7. The molecule has 2 aliphatic rings. The quantitative estimate of drug-likeness (QED) is 0.768. The van der Waals surface area contributed by atoms with Gasteiger partial charge >= 0.3 is 0 Å². The molecule has 0 bridgehead atoms. The number of para-hydroxylation sites is 1.